The van der Waals surface area contributed by atoms with Crippen molar-refractivity contribution >= 4 is 11.3 Å². The van der Waals surface area contributed by atoms with Gasteiger partial charge >= 0.3 is 0 Å². The molecule has 0 saturated carbocycles. The van der Waals surface area contributed by atoms with Gasteiger partial charge in [-0.15, -0.1) is 11.3 Å². The third-order valence-corrected chi connectivity index (χ3v) is 3.32. The molecular formula is C11H18O2S. The second kappa shape index (κ2) is 6.17. The van der Waals surface area contributed by atoms with Crippen LogP contribution < -0.4 is 0 Å². The molecule has 3 heteroatoms. The Morgan fingerprint density at radius 2 is 2.36 bits per heavy atom. The summed E-state index contributed by atoms with van der Waals surface area (Å²) in [6, 6.07) is 4.09. The van der Waals surface area contributed by atoms with Gasteiger partial charge in [0.2, 0.25) is 0 Å². The molecule has 0 bridgehead atoms. The molecule has 0 radical (unpaired) electrons. The van der Waals surface area contributed by atoms with E-state index in [4.69, 9.17) is 4.74 Å². The first-order valence-corrected chi connectivity index (χ1v) is 5.81. The van der Waals surface area contributed by atoms with Gasteiger partial charge in [-0.3, -0.25) is 0 Å². The van der Waals surface area contributed by atoms with E-state index in [0.717, 1.165) is 19.4 Å². The predicted molar refractivity (Wildman–Crippen MR) is 59.7 cm³/mol. The molecule has 1 aromatic rings. The molecule has 1 aromatic heterocycles. The smallest absolute Gasteiger partial charge is 0.0614 e. The van der Waals surface area contributed by atoms with Crippen LogP contribution in [0.3, 0.4) is 0 Å². The molecule has 2 nitrogen and oxygen atoms in total. The van der Waals surface area contributed by atoms with Crippen molar-refractivity contribution in [1.82, 2.24) is 0 Å². The summed E-state index contributed by atoms with van der Waals surface area (Å²) in [5.41, 5.74) is 0. The van der Waals surface area contributed by atoms with Gasteiger partial charge in [-0.2, -0.15) is 0 Å². The second-order valence-corrected chi connectivity index (χ2v) is 4.64. The summed E-state index contributed by atoms with van der Waals surface area (Å²) in [7, 11) is 1.69. The topological polar surface area (TPSA) is 29.5 Å². The van der Waals surface area contributed by atoms with Gasteiger partial charge in [-0.25, -0.2) is 0 Å². The Morgan fingerprint density at radius 1 is 1.57 bits per heavy atom. The lowest BCUT2D eigenvalue weighted by Gasteiger charge is -2.17. The van der Waals surface area contributed by atoms with Crippen molar-refractivity contribution in [3.8, 4) is 0 Å². The molecule has 0 amide bonds. The molecule has 0 aromatic carbocycles. The zero-order valence-corrected chi connectivity index (χ0v) is 9.59. The standard InChI is InChI=1S/C11H18O2S/c1-9(5-6-13-2)11(12)8-10-4-3-7-14-10/h3-4,7,9,11-12H,5-6,8H2,1-2H3. The molecule has 2 unspecified atom stereocenters. The Bertz CT molecular complexity index is 233. The lowest BCUT2D eigenvalue weighted by Crippen LogP contribution is -2.21. The molecule has 2 atom stereocenters. The molecule has 1 rings (SSSR count). The van der Waals surface area contributed by atoms with Crippen LogP contribution in [0.25, 0.3) is 0 Å². The number of ether oxygens (including phenoxy) is 1. The van der Waals surface area contributed by atoms with Crippen LogP contribution in [0.2, 0.25) is 0 Å². The Kier molecular flexibility index (Phi) is 5.15. The average Bonchev–Trinajstić information content (AvgIpc) is 2.66. The molecule has 0 aliphatic carbocycles. The predicted octanol–water partition coefficient (Wildman–Crippen LogP) is 2.32. The molecule has 0 fully saturated rings. The lowest BCUT2D eigenvalue weighted by molar-refractivity contribution is 0.0893. The van der Waals surface area contributed by atoms with Crippen LogP contribution in [0, 0.1) is 5.92 Å². The number of hydrogen-bond acceptors (Lipinski definition) is 3. The Morgan fingerprint density at radius 3 is 2.93 bits per heavy atom. The van der Waals surface area contributed by atoms with Gasteiger partial charge in [0.05, 0.1) is 6.10 Å². The number of methoxy groups -OCH3 is 1. The van der Waals surface area contributed by atoms with Gasteiger partial charge in [0.1, 0.15) is 0 Å². The minimum absolute atomic E-state index is 0.246. The molecule has 80 valence electrons. The second-order valence-electron chi connectivity index (χ2n) is 3.61. The summed E-state index contributed by atoms with van der Waals surface area (Å²) in [5.74, 6) is 0.303. The van der Waals surface area contributed by atoms with Crippen LogP contribution in [0.15, 0.2) is 17.5 Å². The van der Waals surface area contributed by atoms with E-state index in [0.29, 0.717) is 5.92 Å². The van der Waals surface area contributed by atoms with Gasteiger partial charge in [0.25, 0.3) is 0 Å². The van der Waals surface area contributed by atoms with Crippen molar-refractivity contribution in [2.45, 2.75) is 25.9 Å². The molecule has 0 spiro atoms. The highest BCUT2D eigenvalue weighted by Gasteiger charge is 2.14. The first-order valence-electron chi connectivity index (χ1n) is 4.93. The van der Waals surface area contributed by atoms with Crippen LogP contribution in [0.1, 0.15) is 18.2 Å². The van der Waals surface area contributed by atoms with Gasteiger partial charge in [-0.05, 0) is 23.8 Å². The Balaban J connectivity index is 2.30. The van der Waals surface area contributed by atoms with E-state index in [1.807, 2.05) is 11.4 Å². The zero-order valence-electron chi connectivity index (χ0n) is 8.77. The first kappa shape index (κ1) is 11.7. The summed E-state index contributed by atoms with van der Waals surface area (Å²) >= 11 is 1.70. The fourth-order valence-electron chi connectivity index (χ4n) is 1.33. The monoisotopic (exact) mass is 214 g/mol. The lowest BCUT2D eigenvalue weighted by atomic mass is 9.98. The zero-order chi connectivity index (χ0) is 10.4. The first-order chi connectivity index (χ1) is 6.74. The van der Waals surface area contributed by atoms with Crippen LogP contribution in [-0.4, -0.2) is 24.9 Å². The molecule has 14 heavy (non-hydrogen) atoms. The van der Waals surface area contributed by atoms with E-state index >= 15 is 0 Å². The van der Waals surface area contributed by atoms with Crippen LogP contribution >= 0.6 is 11.3 Å². The quantitative estimate of drug-likeness (QED) is 0.787. The van der Waals surface area contributed by atoms with Crippen LogP contribution in [0.4, 0.5) is 0 Å². The van der Waals surface area contributed by atoms with Crippen molar-refractivity contribution in [2.24, 2.45) is 5.92 Å². The number of aliphatic hydroxyl groups excluding tert-OH is 1. The summed E-state index contributed by atoms with van der Waals surface area (Å²) in [6.45, 7) is 2.79. The maximum absolute atomic E-state index is 9.87. The SMILES string of the molecule is COCCC(C)C(O)Cc1cccs1. The third kappa shape index (κ3) is 3.78. The highest BCUT2D eigenvalue weighted by atomic mass is 32.1. The minimum atomic E-state index is -0.246. The largest absolute Gasteiger partial charge is 0.392 e. The van der Waals surface area contributed by atoms with Crippen molar-refractivity contribution in [1.29, 1.82) is 0 Å². The van der Waals surface area contributed by atoms with E-state index in [1.165, 1.54) is 4.88 Å². The van der Waals surface area contributed by atoms with Gasteiger partial charge in [0, 0.05) is 25.0 Å². The molecular weight excluding hydrogens is 196 g/mol. The van der Waals surface area contributed by atoms with Crippen molar-refractivity contribution < 1.29 is 9.84 Å². The minimum Gasteiger partial charge on any atom is -0.392 e. The van der Waals surface area contributed by atoms with Gasteiger partial charge in [-0.1, -0.05) is 13.0 Å². The Labute approximate surface area is 89.5 Å². The van der Waals surface area contributed by atoms with E-state index in [-0.39, 0.29) is 6.10 Å². The molecule has 0 aliphatic rings. The van der Waals surface area contributed by atoms with Crippen LogP contribution in [-0.2, 0) is 11.2 Å². The Hall–Kier alpha value is -0.380. The fraction of sp³-hybridized carbons (Fsp3) is 0.636. The number of rotatable bonds is 6. The summed E-state index contributed by atoms with van der Waals surface area (Å²) in [5, 5.41) is 11.9. The number of aliphatic hydroxyl groups is 1. The summed E-state index contributed by atoms with van der Waals surface area (Å²) in [4.78, 5) is 1.25. The summed E-state index contributed by atoms with van der Waals surface area (Å²) in [6.07, 6.45) is 1.44. The van der Waals surface area contributed by atoms with E-state index in [9.17, 15) is 5.11 Å². The highest BCUT2D eigenvalue weighted by molar-refractivity contribution is 7.09. The van der Waals surface area contributed by atoms with E-state index in [1.54, 1.807) is 18.4 Å². The number of hydrogen-bond donors (Lipinski definition) is 1. The van der Waals surface area contributed by atoms with Crippen LogP contribution in [0.5, 0.6) is 0 Å². The number of thiophene rings is 1. The third-order valence-electron chi connectivity index (χ3n) is 2.42. The molecule has 0 aliphatic heterocycles. The van der Waals surface area contributed by atoms with Crippen molar-refractivity contribution in [2.75, 3.05) is 13.7 Å². The molecule has 1 N–H and O–H groups in total. The van der Waals surface area contributed by atoms with Gasteiger partial charge < -0.3 is 9.84 Å². The molecule has 0 saturated heterocycles. The molecule has 1 heterocycles. The van der Waals surface area contributed by atoms with Gasteiger partial charge in [0.15, 0.2) is 0 Å². The normalized spacial score (nSPS) is 15.4. The highest BCUT2D eigenvalue weighted by Crippen LogP contribution is 2.17. The van der Waals surface area contributed by atoms with E-state index in [2.05, 4.69) is 13.0 Å². The fourth-order valence-corrected chi connectivity index (χ4v) is 2.09. The average molecular weight is 214 g/mol. The van der Waals surface area contributed by atoms with Crippen molar-refractivity contribution in [3.63, 3.8) is 0 Å². The maximum atomic E-state index is 9.87. The maximum Gasteiger partial charge on any atom is 0.0614 e. The summed E-state index contributed by atoms with van der Waals surface area (Å²) < 4.78 is 4.99. The van der Waals surface area contributed by atoms with Crippen molar-refractivity contribution in [3.05, 3.63) is 22.4 Å². The van der Waals surface area contributed by atoms with E-state index < -0.39 is 0 Å².